The minimum absolute atomic E-state index is 0.0594. The topological polar surface area (TPSA) is 55.1 Å². The molecule has 0 fully saturated rings. The third-order valence-corrected chi connectivity index (χ3v) is 2.50. The molecule has 0 aliphatic heterocycles. The zero-order valence-corrected chi connectivity index (χ0v) is 10.9. The summed E-state index contributed by atoms with van der Waals surface area (Å²) >= 11 is 0. The maximum atomic E-state index is 11.6. The maximum Gasteiger partial charge on any atom is 0.220 e. The van der Waals surface area contributed by atoms with E-state index in [-0.39, 0.29) is 11.4 Å². The number of carbonyl (C=O) groups is 1. The van der Waals surface area contributed by atoms with Crippen LogP contribution < -0.4 is 11.1 Å². The van der Waals surface area contributed by atoms with Crippen LogP contribution in [0.1, 0.15) is 31.4 Å². The quantitative estimate of drug-likeness (QED) is 0.816. The van der Waals surface area contributed by atoms with Crippen LogP contribution >= 0.6 is 0 Å². The highest BCUT2D eigenvalue weighted by molar-refractivity contribution is 5.76. The van der Waals surface area contributed by atoms with Crippen LogP contribution in [0.25, 0.3) is 0 Å². The number of aryl methyl sites for hydroxylation is 2. The molecule has 0 spiro atoms. The van der Waals surface area contributed by atoms with Gasteiger partial charge in [0.05, 0.1) is 0 Å². The summed E-state index contributed by atoms with van der Waals surface area (Å²) < 4.78 is 0. The molecule has 0 bridgehead atoms. The van der Waals surface area contributed by atoms with Crippen LogP contribution in [0.2, 0.25) is 0 Å². The van der Waals surface area contributed by atoms with Crippen molar-refractivity contribution < 1.29 is 4.79 Å². The van der Waals surface area contributed by atoms with Gasteiger partial charge in [-0.2, -0.15) is 0 Å². The zero-order chi connectivity index (χ0) is 12.9. The summed E-state index contributed by atoms with van der Waals surface area (Å²) in [5, 5.41) is 2.84. The van der Waals surface area contributed by atoms with Gasteiger partial charge < -0.3 is 11.1 Å². The summed E-state index contributed by atoms with van der Waals surface area (Å²) in [6, 6.07) is 8.26. The molecule has 1 aromatic carbocycles. The highest BCUT2D eigenvalue weighted by Crippen LogP contribution is 2.05. The molecule has 3 heteroatoms. The van der Waals surface area contributed by atoms with Gasteiger partial charge in [0.25, 0.3) is 0 Å². The molecule has 3 nitrogen and oxygen atoms in total. The van der Waals surface area contributed by atoms with E-state index >= 15 is 0 Å². The van der Waals surface area contributed by atoms with Crippen molar-refractivity contribution in [3.63, 3.8) is 0 Å². The first-order valence-electron chi connectivity index (χ1n) is 5.98. The van der Waals surface area contributed by atoms with E-state index in [1.807, 2.05) is 13.8 Å². The molecule has 0 aliphatic carbocycles. The number of hydrogen-bond donors (Lipinski definition) is 2. The van der Waals surface area contributed by atoms with Crippen molar-refractivity contribution >= 4 is 5.91 Å². The first kappa shape index (κ1) is 13.7. The van der Waals surface area contributed by atoms with Crippen molar-refractivity contribution in [2.24, 2.45) is 5.73 Å². The lowest BCUT2D eigenvalue weighted by atomic mass is 10.1. The molecule has 0 unspecified atom stereocenters. The van der Waals surface area contributed by atoms with Gasteiger partial charge in [-0.05, 0) is 32.8 Å². The van der Waals surface area contributed by atoms with Gasteiger partial charge in [-0.1, -0.05) is 29.8 Å². The fraction of sp³-hybridized carbons (Fsp3) is 0.500. The molecule has 17 heavy (non-hydrogen) atoms. The average molecular weight is 234 g/mol. The molecule has 1 rings (SSSR count). The predicted molar refractivity (Wildman–Crippen MR) is 70.8 cm³/mol. The number of nitrogens with one attached hydrogen (secondary N) is 1. The summed E-state index contributed by atoms with van der Waals surface area (Å²) in [5.41, 5.74) is 7.88. The molecule has 0 heterocycles. The zero-order valence-electron chi connectivity index (χ0n) is 10.9. The van der Waals surface area contributed by atoms with Gasteiger partial charge in [0, 0.05) is 18.5 Å². The van der Waals surface area contributed by atoms with E-state index in [4.69, 9.17) is 5.73 Å². The summed E-state index contributed by atoms with van der Waals surface area (Å²) in [5.74, 6) is 0.0594. The standard InChI is InChI=1S/C14H22N2O/c1-11-4-6-12(7-5-11)8-9-13(17)16-10-14(2,3)15/h4-7H,8-10,15H2,1-3H3,(H,16,17). The summed E-state index contributed by atoms with van der Waals surface area (Å²) in [6.45, 7) is 6.36. The number of amides is 1. The average Bonchev–Trinajstić information content (AvgIpc) is 2.25. The number of carbonyl (C=O) groups excluding carboxylic acids is 1. The fourth-order valence-electron chi connectivity index (χ4n) is 1.43. The molecule has 94 valence electrons. The third kappa shape index (κ3) is 6.07. The molecule has 3 N–H and O–H groups in total. The molecule has 1 amide bonds. The Morgan fingerprint density at radius 2 is 1.88 bits per heavy atom. The van der Waals surface area contributed by atoms with Crippen LogP contribution in [-0.4, -0.2) is 18.0 Å². The van der Waals surface area contributed by atoms with Crippen molar-refractivity contribution in [3.05, 3.63) is 35.4 Å². The van der Waals surface area contributed by atoms with Crippen LogP contribution in [0.5, 0.6) is 0 Å². The SMILES string of the molecule is Cc1ccc(CCC(=O)NCC(C)(C)N)cc1. The second-order valence-corrected chi connectivity index (χ2v) is 5.25. The number of benzene rings is 1. The van der Waals surface area contributed by atoms with Gasteiger partial charge in [-0.15, -0.1) is 0 Å². The van der Waals surface area contributed by atoms with E-state index in [0.29, 0.717) is 13.0 Å². The Balaban J connectivity index is 2.31. The predicted octanol–water partition coefficient (Wildman–Crippen LogP) is 1.78. The first-order chi connectivity index (χ1) is 7.87. The Morgan fingerprint density at radius 1 is 1.29 bits per heavy atom. The van der Waals surface area contributed by atoms with E-state index in [1.54, 1.807) is 0 Å². The van der Waals surface area contributed by atoms with Crippen molar-refractivity contribution in [1.29, 1.82) is 0 Å². The Labute approximate surface area is 103 Å². The highest BCUT2D eigenvalue weighted by Gasteiger charge is 2.11. The van der Waals surface area contributed by atoms with E-state index in [9.17, 15) is 4.79 Å². The lowest BCUT2D eigenvalue weighted by molar-refractivity contribution is -0.121. The number of nitrogens with two attached hydrogens (primary N) is 1. The van der Waals surface area contributed by atoms with Crippen molar-refractivity contribution in [2.45, 2.75) is 39.2 Å². The van der Waals surface area contributed by atoms with E-state index < -0.39 is 0 Å². The van der Waals surface area contributed by atoms with Gasteiger partial charge in [0.15, 0.2) is 0 Å². The number of hydrogen-bond acceptors (Lipinski definition) is 2. The molecule has 0 aromatic heterocycles. The monoisotopic (exact) mass is 234 g/mol. The van der Waals surface area contributed by atoms with Crippen LogP contribution in [-0.2, 0) is 11.2 Å². The van der Waals surface area contributed by atoms with Gasteiger partial charge in [0.1, 0.15) is 0 Å². The summed E-state index contributed by atoms with van der Waals surface area (Å²) in [6.07, 6.45) is 1.29. The second kappa shape index (κ2) is 5.82. The maximum absolute atomic E-state index is 11.6. The van der Waals surface area contributed by atoms with Crippen molar-refractivity contribution in [3.8, 4) is 0 Å². The molecule has 1 aromatic rings. The van der Waals surface area contributed by atoms with Gasteiger partial charge in [-0.3, -0.25) is 4.79 Å². The molecule has 0 radical (unpaired) electrons. The Bertz CT molecular complexity index is 363. The first-order valence-corrected chi connectivity index (χ1v) is 5.98. The molecular formula is C14H22N2O. The molecular weight excluding hydrogens is 212 g/mol. The van der Waals surface area contributed by atoms with Crippen LogP contribution in [0, 0.1) is 6.92 Å². The second-order valence-electron chi connectivity index (χ2n) is 5.25. The van der Waals surface area contributed by atoms with Crippen LogP contribution in [0.15, 0.2) is 24.3 Å². The Hall–Kier alpha value is -1.35. The lowest BCUT2D eigenvalue weighted by Gasteiger charge is -2.18. The highest BCUT2D eigenvalue weighted by atomic mass is 16.1. The van der Waals surface area contributed by atoms with Crippen molar-refractivity contribution in [1.82, 2.24) is 5.32 Å². The largest absolute Gasteiger partial charge is 0.354 e. The van der Waals surface area contributed by atoms with E-state index in [0.717, 1.165) is 6.42 Å². The van der Waals surface area contributed by atoms with E-state index in [1.165, 1.54) is 11.1 Å². The summed E-state index contributed by atoms with van der Waals surface area (Å²) in [4.78, 5) is 11.6. The minimum Gasteiger partial charge on any atom is -0.354 e. The van der Waals surface area contributed by atoms with Crippen LogP contribution in [0.3, 0.4) is 0 Å². The van der Waals surface area contributed by atoms with Crippen LogP contribution in [0.4, 0.5) is 0 Å². The number of rotatable bonds is 5. The third-order valence-electron chi connectivity index (χ3n) is 2.50. The van der Waals surface area contributed by atoms with E-state index in [2.05, 4.69) is 36.5 Å². The molecule has 0 aliphatic rings. The summed E-state index contributed by atoms with van der Waals surface area (Å²) in [7, 11) is 0. The van der Waals surface area contributed by atoms with Gasteiger partial charge in [-0.25, -0.2) is 0 Å². The molecule has 0 atom stereocenters. The smallest absolute Gasteiger partial charge is 0.220 e. The van der Waals surface area contributed by atoms with Gasteiger partial charge >= 0.3 is 0 Å². The normalized spacial score (nSPS) is 11.3. The molecule has 0 saturated carbocycles. The molecule has 0 saturated heterocycles. The van der Waals surface area contributed by atoms with Crippen molar-refractivity contribution in [2.75, 3.05) is 6.54 Å². The fourth-order valence-corrected chi connectivity index (χ4v) is 1.43. The lowest BCUT2D eigenvalue weighted by Crippen LogP contribution is -2.45. The Morgan fingerprint density at radius 3 is 2.41 bits per heavy atom. The van der Waals surface area contributed by atoms with Gasteiger partial charge in [0.2, 0.25) is 5.91 Å². The Kier molecular flexibility index (Phi) is 4.70. The minimum atomic E-state index is -0.348.